The van der Waals surface area contributed by atoms with Crippen LogP contribution in [-0.4, -0.2) is 22.1 Å². The average molecular weight is 280 g/mol. The van der Waals surface area contributed by atoms with E-state index >= 15 is 0 Å². The van der Waals surface area contributed by atoms with E-state index in [0.29, 0.717) is 17.1 Å². The minimum atomic E-state index is -0.480. The fourth-order valence-corrected chi connectivity index (χ4v) is 1.84. The third-order valence-electron chi connectivity index (χ3n) is 2.69. The number of nitrogens with two attached hydrogens (primary N) is 1. The van der Waals surface area contributed by atoms with Gasteiger partial charge in [-0.15, -0.1) is 0 Å². The predicted molar refractivity (Wildman–Crippen MR) is 73.1 cm³/mol. The number of nitrogen functional groups attached to an aromatic ring is 1. The Kier molecular flexibility index (Phi) is 4.06. The molecular weight excluding hydrogens is 266 g/mol. The zero-order chi connectivity index (χ0) is 13.8. The van der Waals surface area contributed by atoms with E-state index in [-0.39, 0.29) is 12.2 Å². The van der Waals surface area contributed by atoms with Gasteiger partial charge in [0.05, 0.1) is 17.2 Å². The van der Waals surface area contributed by atoms with Gasteiger partial charge in [-0.3, -0.25) is 0 Å². The lowest BCUT2D eigenvalue weighted by Gasteiger charge is -2.07. The Morgan fingerprint density at radius 2 is 2.32 bits per heavy atom. The molecule has 1 aromatic heterocycles. The number of anilines is 1. The van der Waals surface area contributed by atoms with Crippen LogP contribution in [-0.2, 0) is 18.2 Å². The average Bonchev–Trinajstić information content (AvgIpc) is 2.78. The summed E-state index contributed by atoms with van der Waals surface area (Å²) in [4.78, 5) is 16.0. The van der Waals surface area contributed by atoms with Gasteiger partial charge in [-0.1, -0.05) is 11.6 Å². The standard InChI is InChI=1S/C13H14ClN3O2/c1-17-6-5-16-12(17)4-7-19-13(18)10-8-9(15)2-3-11(10)14/h2-3,5-6,8H,4,7,15H2,1H3. The SMILES string of the molecule is Cn1ccnc1CCOC(=O)c1cc(N)ccc1Cl. The number of aryl methyl sites for hydroxylation is 1. The molecule has 100 valence electrons. The van der Waals surface area contributed by atoms with Crippen molar-refractivity contribution in [3.63, 3.8) is 0 Å². The first-order valence-corrected chi connectivity index (χ1v) is 6.14. The Balaban J connectivity index is 1.94. The molecule has 0 radical (unpaired) electrons. The molecule has 0 unspecified atom stereocenters. The summed E-state index contributed by atoms with van der Waals surface area (Å²) in [6.45, 7) is 0.245. The Morgan fingerprint density at radius 1 is 1.53 bits per heavy atom. The molecule has 0 spiro atoms. The number of nitrogens with zero attached hydrogens (tertiary/aromatic N) is 2. The molecule has 1 heterocycles. The summed E-state index contributed by atoms with van der Waals surface area (Å²) in [7, 11) is 1.89. The Bertz CT molecular complexity index is 595. The lowest BCUT2D eigenvalue weighted by Crippen LogP contribution is -2.11. The van der Waals surface area contributed by atoms with Gasteiger partial charge in [0, 0.05) is 31.5 Å². The van der Waals surface area contributed by atoms with Crippen LogP contribution >= 0.6 is 11.6 Å². The van der Waals surface area contributed by atoms with Crippen LogP contribution in [0.5, 0.6) is 0 Å². The second kappa shape index (κ2) is 5.75. The van der Waals surface area contributed by atoms with Gasteiger partial charge in [0.1, 0.15) is 5.82 Å². The number of imidazole rings is 1. The maximum absolute atomic E-state index is 11.8. The fraction of sp³-hybridized carbons (Fsp3) is 0.231. The highest BCUT2D eigenvalue weighted by Gasteiger charge is 2.12. The summed E-state index contributed by atoms with van der Waals surface area (Å²) in [6, 6.07) is 4.71. The maximum atomic E-state index is 11.8. The van der Waals surface area contributed by atoms with Crippen molar-refractivity contribution >= 4 is 23.3 Å². The van der Waals surface area contributed by atoms with E-state index in [0.717, 1.165) is 5.82 Å². The van der Waals surface area contributed by atoms with E-state index in [2.05, 4.69) is 4.98 Å². The highest BCUT2D eigenvalue weighted by molar-refractivity contribution is 6.33. The molecule has 0 amide bonds. The van der Waals surface area contributed by atoms with Crippen LogP contribution in [0, 0.1) is 0 Å². The first kappa shape index (κ1) is 13.4. The van der Waals surface area contributed by atoms with Gasteiger partial charge in [-0.25, -0.2) is 9.78 Å². The topological polar surface area (TPSA) is 70.1 Å². The molecule has 0 aliphatic heterocycles. The summed E-state index contributed by atoms with van der Waals surface area (Å²) in [5.41, 5.74) is 6.36. The van der Waals surface area contributed by atoms with Crippen molar-refractivity contribution in [2.24, 2.45) is 7.05 Å². The van der Waals surface area contributed by atoms with E-state index in [9.17, 15) is 4.79 Å². The molecule has 1 aromatic carbocycles. The van der Waals surface area contributed by atoms with Gasteiger partial charge in [-0.2, -0.15) is 0 Å². The first-order chi connectivity index (χ1) is 9.08. The molecule has 0 bridgehead atoms. The molecule has 5 nitrogen and oxygen atoms in total. The third-order valence-corrected chi connectivity index (χ3v) is 3.02. The molecule has 0 aliphatic rings. The van der Waals surface area contributed by atoms with E-state index < -0.39 is 5.97 Å². The smallest absolute Gasteiger partial charge is 0.339 e. The van der Waals surface area contributed by atoms with Gasteiger partial charge in [-0.05, 0) is 18.2 Å². The Hall–Kier alpha value is -2.01. The van der Waals surface area contributed by atoms with Gasteiger partial charge in [0.15, 0.2) is 0 Å². The summed E-state index contributed by atoms with van der Waals surface area (Å²) in [5, 5.41) is 0.330. The number of rotatable bonds is 4. The number of aromatic nitrogens is 2. The highest BCUT2D eigenvalue weighted by atomic mass is 35.5. The molecule has 0 saturated heterocycles. The Labute approximate surface area is 116 Å². The number of benzene rings is 1. The minimum absolute atomic E-state index is 0.245. The number of carbonyl (C=O) groups excluding carboxylic acids is 1. The van der Waals surface area contributed by atoms with Crippen LogP contribution in [0.2, 0.25) is 5.02 Å². The van der Waals surface area contributed by atoms with Crippen LogP contribution in [0.4, 0.5) is 5.69 Å². The van der Waals surface area contributed by atoms with Crippen molar-refractivity contribution in [1.82, 2.24) is 9.55 Å². The van der Waals surface area contributed by atoms with Crippen LogP contribution in [0.3, 0.4) is 0 Å². The number of carbonyl (C=O) groups is 1. The van der Waals surface area contributed by atoms with Gasteiger partial charge in [0.25, 0.3) is 0 Å². The monoisotopic (exact) mass is 279 g/mol. The first-order valence-electron chi connectivity index (χ1n) is 5.76. The number of hydrogen-bond acceptors (Lipinski definition) is 4. The van der Waals surface area contributed by atoms with E-state index in [1.54, 1.807) is 18.3 Å². The molecule has 0 fully saturated rings. The van der Waals surface area contributed by atoms with Crippen LogP contribution < -0.4 is 5.73 Å². The number of halogens is 1. The molecule has 2 N–H and O–H groups in total. The Morgan fingerprint density at radius 3 is 3.00 bits per heavy atom. The maximum Gasteiger partial charge on any atom is 0.339 e. The summed E-state index contributed by atoms with van der Waals surface area (Å²) < 4.78 is 7.04. The van der Waals surface area contributed by atoms with Crippen LogP contribution in [0.25, 0.3) is 0 Å². The van der Waals surface area contributed by atoms with Crippen molar-refractivity contribution in [2.45, 2.75) is 6.42 Å². The van der Waals surface area contributed by atoms with Crippen molar-refractivity contribution in [3.8, 4) is 0 Å². The molecule has 6 heteroatoms. The second-order valence-corrected chi connectivity index (χ2v) is 4.49. The van der Waals surface area contributed by atoms with Gasteiger partial charge < -0.3 is 15.0 Å². The lowest BCUT2D eigenvalue weighted by atomic mass is 10.2. The zero-order valence-electron chi connectivity index (χ0n) is 10.5. The summed E-state index contributed by atoms with van der Waals surface area (Å²) in [6.07, 6.45) is 4.09. The predicted octanol–water partition coefficient (Wildman–Crippen LogP) is 2.06. The number of ether oxygens (including phenoxy) is 1. The third kappa shape index (κ3) is 3.26. The van der Waals surface area contributed by atoms with Crippen molar-refractivity contribution < 1.29 is 9.53 Å². The molecule has 19 heavy (non-hydrogen) atoms. The molecule has 0 atom stereocenters. The van der Waals surface area contributed by atoms with Gasteiger partial charge in [0.2, 0.25) is 0 Å². The fourth-order valence-electron chi connectivity index (χ4n) is 1.65. The quantitative estimate of drug-likeness (QED) is 0.687. The molecular formula is C13H14ClN3O2. The minimum Gasteiger partial charge on any atom is -0.462 e. The summed E-state index contributed by atoms with van der Waals surface area (Å²) in [5.74, 6) is 0.373. The molecule has 2 aromatic rings. The molecule has 0 saturated carbocycles. The lowest BCUT2D eigenvalue weighted by molar-refractivity contribution is 0.0507. The highest BCUT2D eigenvalue weighted by Crippen LogP contribution is 2.19. The molecule has 0 aliphatic carbocycles. The number of esters is 1. The molecule has 2 rings (SSSR count). The van der Waals surface area contributed by atoms with Crippen molar-refractivity contribution in [2.75, 3.05) is 12.3 Å². The summed E-state index contributed by atoms with van der Waals surface area (Å²) >= 11 is 5.92. The van der Waals surface area contributed by atoms with Crippen LogP contribution in [0.1, 0.15) is 16.2 Å². The van der Waals surface area contributed by atoms with Crippen molar-refractivity contribution in [3.05, 3.63) is 47.0 Å². The largest absolute Gasteiger partial charge is 0.462 e. The van der Waals surface area contributed by atoms with Crippen LogP contribution in [0.15, 0.2) is 30.6 Å². The zero-order valence-corrected chi connectivity index (χ0v) is 11.2. The van der Waals surface area contributed by atoms with Crippen molar-refractivity contribution in [1.29, 1.82) is 0 Å². The van der Waals surface area contributed by atoms with E-state index in [1.165, 1.54) is 6.07 Å². The second-order valence-electron chi connectivity index (χ2n) is 4.08. The van der Waals surface area contributed by atoms with E-state index in [1.807, 2.05) is 17.8 Å². The normalized spacial score (nSPS) is 10.4. The van der Waals surface area contributed by atoms with Gasteiger partial charge >= 0.3 is 5.97 Å². The number of hydrogen-bond donors (Lipinski definition) is 1. The van der Waals surface area contributed by atoms with E-state index in [4.69, 9.17) is 22.1 Å².